The summed E-state index contributed by atoms with van der Waals surface area (Å²) >= 11 is 6.00. The molecular formula is C17H16ClN3O5S. The van der Waals surface area contributed by atoms with E-state index in [2.05, 4.69) is 9.50 Å². The zero-order chi connectivity index (χ0) is 19.6. The number of aliphatic hydroxyl groups excluding tert-OH is 1. The average molecular weight is 410 g/mol. The van der Waals surface area contributed by atoms with Gasteiger partial charge in [-0.1, -0.05) is 23.7 Å². The highest BCUT2D eigenvalue weighted by Crippen LogP contribution is 2.33. The number of phenolic OH excluding ortho intramolecular Hbond substituents is 1. The van der Waals surface area contributed by atoms with Gasteiger partial charge in [0.1, 0.15) is 4.90 Å². The second kappa shape index (κ2) is 7.55. The summed E-state index contributed by atoms with van der Waals surface area (Å²) in [5.41, 5.74) is 0.646. The standard InChI is InChI=1S/C17H16ClN3O5S/c1-26-14-9-12(18)8-11(16(14)23)10-19-21(6-7-22)17-13-4-2-3-5-15(13)27(24,25)20-17/h2-5,8-10,22-23H,6-7H2,1H3/b19-10+. The molecule has 27 heavy (non-hydrogen) atoms. The molecular weight excluding hydrogens is 394 g/mol. The van der Waals surface area contributed by atoms with Gasteiger partial charge in [-0.3, -0.25) is 0 Å². The van der Waals surface area contributed by atoms with E-state index < -0.39 is 10.0 Å². The number of phenols is 1. The third kappa shape index (κ3) is 3.75. The van der Waals surface area contributed by atoms with Crippen molar-refractivity contribution in [2.45, 2.75) is 4.90 Å². The van der Waals surface area contributed by atoms with Crippen molar-refractivity contribution in [3.63, 3.8) is 0 Å². The van der Waals surface area contributed by atoms with Gasteiger partial charge in [-0.15, -0.1) is 4.40 Å². The van der Waals surface area contributed by atoms with Crippen LogP contribution in [0.15, 0.2) is 50.8 Å². The van der Waals surface area contributed by atoms with Crippen molar-refractivity contribution in [2.75, 3.05) is 20.3 Å². The molecule has 0 radical (unpaired) electrons. The second-order valence-electron chi connectivity index (χ2n) is 5.52. The number of aromatic hydroxyl groups is 1. The molecule has 0 bridgehead atoms. The Hall–Kier alpha value is -2.62. The third-order valence-electron chi connectivity index (χ3n) is 3.79. The van der Waals surface area contributed by atoms with Crippen LogP contribution in [0.25, 0.3) is 0 Å². The predicted octanol–water partition coefficient (Wildman–Crippen LogP) is 1.83. The molecule has 0 unspecified atom stereocenters. The fourth-order valence-corrected chi connectivity index (χ4v) is 3.99. The van der Waals surface area contributed by atoms with Crippen LogP contribution >= 0.6 is 11.6 Å². The number of amidine groups is 1. The van der Waals surface area contributed by atoms with Gasteiger partial charge in [-0.2, -0.15) is 13.5 Å². The second-order valence-corrected chi connectivity index (χ2v) is 7.53. The van der Waals surface area contributed by atoms with Crippen LogP contribution in [0.1, 0.15) is 11.1 Å². The van der Waals surface area contributed by atoms with Crippen molar-refractivity contribution in [3.8, 4) is 11.5 Å². The van der Waals surface area contributed by atoms with E-state index in [1.807, 2.05) is 0 Å². The Morgan fingerprint density at radius 3 is 2.78 bits per heavy atom. The lowest BCUT2D eigenvalue weighted by atomic mass is 10.2. The molecule has 3 rings (SSSR count). The van der Waals surface area contributed by atoms with Crippen molar-refractivity contribution in [3.05, 3.63) is 52.5 Å². The summed E-state index contributed by atoms with van der Waals surface area (Å²) < 4.78 is 33.3. The van der Waals surface area contributed by atoms with Crippen molar-refractivity contribution >= 4 is 33.7 Å². The maximum Gasteiger partial charge on any atom is 0.285 e. The Morgan fingerprint density at radius 1 is 1.33 bits per heavy atom. The van der Waals surface area contributed by atoms with Crippen LogP contribution in [-0.2, 0) is 10.0 Å². The fourth-order valence-electron chi connectivity index (χ4n) is 2.57. The predicted molar refractivity (Wildman–Crippen MR) is 101 cm³/mol. The Morgan fingerprint density at radius 2 is 2.07 bits per heavy atom. The van der Waals surface area contributed by atoms with Gasteiger partial charge >= 0.3 is 0 Å². The Labute approximate surface area is 161 Å². The van der Waals surface area contributed by atoms with E-state index in [0.29, 0.717) is 10.6 Å². The maximum absolute atomic E-state index is 12.2. The van der Waals surface area contributed by atoms with Gasteiger partial charge in [0.25, 0.3) is 10.0 Å². The average Bonchev–Trinajstić information content (AvgIpc) is 2.92. The van der Waals surface area contributed by atoms with Crippen LogP contribution < -0.4 is 4.74 Å². The smallest absolute Gasteiger partial charge is 0.285 e. The lowest BCUT2D eigenvalue weighted by Gasteiger charge is -2.17. The molecule has 10 heteroatoms. The minimum atomic E-state index is -3.83. The molecule has 142 valence electrons. The quantitative estimate of drug-likeness (QED) is 0.575. The summed E-state index contributed by atoms with van der Waals surface area (Å²) in [4.78, 5) is 0.0745. The van der Waals surface area contributed by atoms with Crippen LogP contribution in [0, 0.1) is 0 Å². The summed E-state index contributed by atoms with van der Waals surface area (Å²) in [5, 5.41) is 25.3. The molecule has 2 aromatic rings. The number of hydrogen-bond donors (Lipinski definition) is 2. The summed E-state index contributed by atoms with van der Waals surface area (Å²) in [7, 11) is -2.44. The number of rotatable bonds is 5. The molecule has 0 spiro atoms. The largest absolute Gasteiger partial charge is 0.504 e. The summed E-state index contributed by atoms with van der Waals surface area (Å²) in [6.45, 7) is -0.291. The number of aliphatic hydroxyl groups is 1. The maximum atomic E-state index is 12.2. The highest BCUT2D eigenvalue weighted by atomic mass is 35.5. The fraction of sp³-hybridized carbons (Fsp3) is 0.176. The number of halogens is 1. The molecule has 2 aromatic carbocycles. The molecule has 2 N–H and O–H groups in total. The van der Waals surface area contributed by atoms with Crippen molar-refractivity contribution < 1.29 is 23.4 Å². The number of nitrogens with zero attached hydrogens (tertiary/aromatic N) is 3. The van der Waals surface area contributed by atoms with E-state index in [1.54, 1.807) is 18.2 Å². The first-order chi connectivity index (χ1) is 12.9. The normalized spacial score (nSPS) is 14.9. The lowest BCUT2D eigenvalue weighted by molar-refractivity contribution is 0.254. The Bertz CT molecular complexity index is 1040. The van der Waals surface area contributed by atoms with Gasteiger partial charge < -0.3 is 14.9 Å². The van der Waals surface area contributed by atoms with E-state index in [-0.39, 0.29) is 40.9 Å². The molecule has 0 fully saturated rings. The molecule has 0 amide bonds. The third-order valence-corrected chi connectivity index (χ3v) is 5.34. The number of hydrogen-bond acceptors (Lipinski definition) is 7. The zero-order valence-electron chi connectivity index (χ0n) is 14.2. The van der Waals surface area contributed by atoms with Crippen molar-refractivity contribution in [2.24, 2.45) is 9.50 Å². The van der Waals surface area contributed by atoms with Gasteiger partial charge in [0.15, 0.2) is 17.3 Å². The van der Waals surface area contributed by atoms with Gasteiger partial charge in [0.2, 0.25) is 0 Å². The van der Waals surface area contributed by atoms with Crippen LogP contribution in [0.3, 0.4) is 0 Å². The number of methoxy groups -OCH3 is 1. The van der Waals surface area contributed by atoms with Gasteiger partial charge in [0, 0.05) is 22.2 Å². The first kappa shape index (κ1) is 19.2. The summed E-state index contributed by atoms with van der Waals surface area (Å²) in [5.74, 6) is 0.0872. The van der Waals surface area contributed by atoms with Gasteiger partial charge in [0.05, 0.1) is 26.5 Å². The van der Waals surface area contributed by atoms with Crippen LogP contribution in [-0.4, -0.2) is 56.0 Å². The number of fused-ring (bicyclic) bond motifs is 1. The molecule has 0 atom stereocenters. The molecule has 0 saturated heterocycles. The number of ether oxygens (including phenoxy) is 1. The van der Waals surface area contributed by atoms with Crippen LogP contribution in [0.4, 0.5) is 0 Å². The zero-order valence-corrected chi connectivity index (χ0v) is 15.8. The topological polar surface area (TPSA) is 112 Å². The van der Waals surface area contributed by atoms with Crippen molar-refractivity contribution in [1.29, 1.82) is 0 Å². The molecule has 1 aliphatic heterocycles. The highest BCUT2D eigenvalue weighted by Gasteiger charge is 2.31. The molecule has 0 aromatic heterocycles. The van der Waals surface area contributed by atoms with E-state index in [1.165, 1.54) is 36.5 Å². The highest BCUT2D eigenvalue weighted by molar-refractivity contribution is 7.90. The summed E-state index contributed by atoms with van der Waals surface area (Å²) in [6, 6.07) is 9.27. The summed E-state index contributed by atoms with van der Waals surface area (Å²) in [6.07, 6.45) is 1.29. The van der Waals surface area contributed by atoms with Crippen molar-refractivity contribution in [1.82, 2.24) is 5.01 Å². The van der Waals surface area contributed by atoms with E-state index in [4.69, 9.17) is 16.3 Å². The minimum absolute atomic E-state index is 0.00233. The number of sulfonamides is 1. The van der Waals surface area contributed by atoms with Crippen LogP contribution in [0.2, 0.25) is 5.02 Å². The minimum Gasteiger partial charge on any atom is -0.504 e. The number of benzene rings is 2. The Balaban J connectivity index is 2.02. The molecule has 0 saturated carbocycles. The van der Waals surface area contributed by atoms with Gasteiger partial charge in [-0.05, 0) is 18.2 Å². The van der Waals surface area contributed by atoms with Gasteiger partial charge in [-0.25, -0.2) is 5.01 Å². The molecule has 0 aliphatic carbocycles. The first-order valence-corrected chi connectivity index (χ1v) is 9.62. The monoisotopic (exact) mass is 409 g/mol. The number of hydrazone groups is 1. The van der Waals surface area contributed by atoms with E-state index in [9.17, 15) is 18.6 Å². The van der Waals surface area contributed by atoms with E-state index in [0.717, 1.165) is 0 Å². The van der Waals surface area contributed by atoms with Crippen LogP contribution in [0.5, 0.6) is 11.5 Å². The molecule has 1 aliphatic rings. The van der Waals surface area contributed by atoms with E-state index >= 15 is 0 Å². The first-order valence-electron chi connectivity index (χ1n) is 7.80. The molecule has 8 nitrogen and oxygen atoms in total. The SMILES string of the molecule is COc1cc(Cl)cc(/C=N/N(CCO)C2=NS(=O)(=O)c3ccccc32)c1O. The molecule has 1 heterocycles. The lowest BCUT2D eigenvalue weighted by Crippen LogP contribution is -2.28. The Kier molecular flexibility index (Phi) is 5.36.